The van der Waals surface area contributed by atoms with Gasteiger partial charge in [0.1, 0.15) is 10.6 Å². The predicted octanol–water partition coefficient (Wildman–Crippen LogP) is 3.60. The summed E-state index contributed by atoms with van der Waals surface area (Å²) in [6.07, 6.45) is 0. The van der Waals surface area contributed by atoms with Crippen molar-refractivity contribution in [3.8, 4) is 17.5 Å². The summed E-state index contributed by atoms with van der Waals surface area (Å²) in [6.45, 7) is 0. The van der Waals surface area contributed by atoms with Crippen LogP contribution in [0.5, 0.6) is 17.5 Å². The molecule has 5 aromatic rings. The molecular formula is C27H21N7O16S4. The minimum absolute atomic E-state index is 0.310. The van der Waals surface area contributed by atoms with E-state index in [0.717, 1.165) is 55.6 Å². The Bertz CT molecular complexity index is 2750. The Balaban J connectivity index is 1.72. The SMILES string of the molecule is COc1nc(Nc2cc(S(=O)(=O)O)ccc2C(=O)O)nc(Nc2cc(S(=O)(=O)O)cc3cc(OS(=O)O)c(N=Nc4ccccc4S(=O)(=O)O)c(O)c23)n1. The number of hydrogen-bond donors (Lipinski definition) is 8. The average molecular weight is 828 g/mol. The van der Waals surface area contributed by atoms with Crippen molar-refractivity contribution in [2.45, 2.75) is 14.7 Å². The third-order valence-corrected chi connectivity index (χ3v) is 9.70. The lowest BCUT2D eigenvalue weighted by atomic mass is 10.1. The molecule has 54 heavy (non-hydrogen) atoms. The van der Waals surface area contributed by atoms with Crippen molar-refractivity contribution in [3.63, 3.8) is 0 Å². The van der Waals surface area contributed by atoms with Crippen molar-refractivity contribution in [1.29, 1.82) is 0 Å². The van der Waals surface area contributed by atoms with Gasteiger partial charge in [-0.3, -0.25) is 18.2 Å². The summed E-state index contributed by atoms with van der Waals surface area (Å²) in [6, 6.07) is 9.10. The predicted molar refractivity (Wildman–Crippen MR) is 183 cm³/mol. The van der Waals surface area contributed by atoms with Gasteiger partial charge in [-0.25, -0.2) is 4.79 Å². The van der Waals surface area contributed by atoms with E-state index in [9.17, 15) is 62.7 Å². The van der Waals surface area contributed by atoms with Crippen LogP contribution in [0.3, 0.4) is 0 Å². The van der Waals surface area contributed by atoms with E-state index in [1.807, 2.05) is 0 Å². The average Bonchev–Trinajstić information content (AvgIpc) is 3.06. The van der Waals surface area contributed by atoms with E-state index in [-0.39, 0.29) is 10.8 Å². The van der Waals surface area contributed by atoms with E-state index in [2.05, 4.69) is 35.8 Å². The monoisotopic (exact) mass is 827 g/mol. The molecule has 4 aromatic carbocycles. The summed E-state index contributed by atoms with van der Waals surface area (Å²) in [4.78, 5) is 21.5. The lowest BCUT2D eigenvalue weighted by Gasteiger charge is -2.16. The van der Waals surface area contributed by atoms with Crippen LogP contribution in [0.4, 0.5) is 34.6 Å². The number of carboxylic acids is 1. The molecule has 0 aliphatic heterocycles. The van der Waals surface area contributed by atoms with E-state index in [0.29, 0.717) is 0 Å². The van der Waals surface area contributed by atoms with Crippen LogP contribution in [0.2, 0.25) is 0 Å². The van der Waals surface area contributed by atoms with Gasteiger partial charge in [0.25, 0.3) is 30.4 Å². The van der Waals surface area contributed by atoms with Crippen molar-refractivity contribution >= 4 is 93.1 Å². The fourth-order valence-electron chi connectivity index (χ4n) is 4.58. The maximum absolute atomic E-state index is 12.3. The number of methoxy groups -OCH3 is 1. The lowest BCUT2D eigenvalue weighted by Crippen LogP contribution is -2.10. The summed E-state index contributed by atoms with van der Waals surface area (Å²) in [5, 5.41) is 32.9. The molecule has 1 atom stereocenters. The summed E-state index contributed by atoms with van der Waals surface area (Å²) < 4.78 is 132. The minimum Gasteiger partial charge on any atom is -0.505 e. The zero-order valence-electron chi connectivity index (χ0n) is 26.4. The number of nitrogens with zero attached hydrogens (tertiary/aromatic N) is 5. The summed E-state index contributed by atoms with van der Waals surface area (Å²) in [5.74, 6) is -4.28. The van der Waals surface area contributed by atoms with Crippen molar-refractivity contribution in [1.82, 2.24) is 15.0 Å². The standard InChI is InChI=1S/C27H21N7O16S4/c1-49-27-31-25(28-17-10-13(52(40,41)42)6-7-15(17)24(36)37)30-26(32-27)29-18-11-14(53(43,44)45)8-12-9-19(50-51(38)39)22(23(35)21(12)18)34-33-16-4-2-3-5-20(16)54(46,47)48/h2-11,35H,1H3,(H,36,37)(H,38,39)(H,40,41,42)(H,43,44,45)(H,46,47,48)(H2,28,29,30,31,32). The largest absolute Gasteiger partial charge is 0.505 e. The fraction of sp³-hybridized carbons (Fsp3) is 0.0370. The molecular weight excluding hydrogens is 807 g/mol. The molecule has 0 amide bonds. The molecule has 8 N–H and O–H groups in total. The third kappa shape index (κ3) is 8.80. The first-order valence-corrected chi connectivity index (χ1v) is 19.3. The molecule has 0 aliphatic rings. The zero-order chi connectivity index (χ0) is 39.7. The molecule has 0 fully saturated rings. The van der Waals surface area contributed by atoms with Crippen LogP contribution in [0.15, 0.2) is 85.6 Å². The molecule has 284 valence electrons. The molecule has 5 rings (SSSR count). The van der Waals surface area contributed by atoms with Crippen molar-refractivity contribution in [2.24, 2.45) is 10.2 Å². The van der Waals surface area contributed by atoms with Gasteiger partial charge in [0.05, 0.1) is 33.8 Å². The summed E-state index contributed by atoms with van der Waals surface area (Å²) >= 11 is -3.10. The van der Waals surface area contributed by atoms with Gasteiger partial charge in [0.2, 0.25) is 11.9 Å². The minimum atomic E-state index is -5.03. The number of azo groups is 1. The Morgan fingerprint density at radius 3 is 1.98 bits per heavy atom. The zero-order valence-corrected chi connectivity index (χ0v) is 29.7. The Kier molecular flexibility index (Phi) is 10.8. The van der Waals surface area contributed by atoms with Crippen molar-refractivity contribution in [2.75, 3.05) is 17.7 Å². The van der Waals surface area contributed by atoms with E-state index >= 15 is 0 Å². The Morgan fingerprint density at radius 2 is 1.41 bits per heavy atom. The molecule has 1 aromatic heterocycles. The molecule has 23 nitrogen and oxygen atoms in total. The van der Waals surface area contributed by atoms with Crippen molar-refractivity contribution in [3.05, 3.63) is 66.2 Å². The van der Waals surface area contributed by atoms with Crippen LogP contribution in [-0.2, 0) is 41.7 Å². The number of nitrogens with one attached hydrogen (secondary N) is 2. The highest BCUT2D eigenvalue weighted by Gasteiger charge is 2.24. The smallest absolute Gasteiger partial charge is 0.357 e. The van der Waals surface area contributed by atoms with Gasteiger partial charge in [-0.05, 0) is 53.9 Å². The van der Waals surface area contributed by atoms with Crippen molar-refractivity contribution < 1.29 is 71.6 Å². The van der Waals surface area contributed by atoms with Gasteiger partial charge in [0.15, 0.2) is 17.2 Å². The molecule has 0 bridgehead atoms. The maximum Gasteiger partial charge on any atom is 0.357 e. The topological polar surface area (TPSA) is 364 Å². The number of phenols is 1. The van der Waals surface area contributed by atoms with Gasteiger partial charge in [0, 0.05) is 5.39 Å². The number of anilines is 4. The van der Waals surface area contributed by atoms with Crippen LogP contribution in [0.1, 0.15) is 10.4 Å². The lowest BCUT2D eigenvalue weighted by molar-refractivity contribution is 0.0697. The summed E-state index contributed by atoms with van der Waals surface area (Å²) in [5.41, 5.74) is -2.58. The van der Waals surface area contributed by atoms with Gasteiger partial charge in [-0.1, -0.05) is 12.1 Å². The summed E-state index contributed by atoms with van der Waals surface area (Å²) in [7, 11) is -13.6. The van der Waals surface area contributed by atoms with E-state index < -0.39 is 120 Å². The molecule has 0 radical (unpaired) electrons. The number of carbonyl (C=O) groups is 1. The van der Waals surface area contributed by atoms with Crippen LogP contribution in [0.25, 0.3) is 10.8 Å². The number of benzene rings is 4. The van der Waals surface area contributed by atoms with Gasteiger partial charge >= 0.3 is 23.3 Å². The number of aromatic nitrogens is 3. The second-order valence-electron chi connectivity index (χ2n) is 10.3. The maximum atomic E-state index is 12.3. The van der Waals surface area contributed by atoms with Crippen LogP contribution < -0.4 is 19.6 Å². The highest BCUT2D eigenvalue weighted by molar-refractivity contribution is 7.86. The van der Waals surface area contributed by atoms with E-state index in [4.69, 9.17) is 8.92 Å². The Hall–Kier alpha value is -5.94. The Morgan fingerprint density at radius 1 is 0.796 bits per heavy atom. The van der Waals surface area contributed by atoms with E-state index in [1.165, 1.54) is 12.1 Å². The first-order valence-electron chi connectivity index (χ1n) is 13.9. The van der Waals surface area contributed by atoms with E-state index in [1.54, 1.807) is 0 Å². The number of phenolic OH excluding ortho intramolecular Hbond substituents is 1. The molecule has 1 heterocycles. The normalized spacial score (nSPS) is 12.8. The molecule has 1 unspecified atom stereocenters. The molecule has 27 heteroatoms. The highest BCUT2D eigenvalue weighted by atomic mass is 32.2. The van der Waals surface area contributed by atoms with Crippen LogP contribution in [-0.4, -0.2) is 85.9 Å². The number of ether oxygens (including phenoxy) is 1. The quantitative estimate of drug-likeness (QED) is 0.0477. The second kappa shape index (κ2) is 14.8. The molecule has 0 saturated heterocycles. The first-order chi connectivity index (χ1) is 25.1. The number of aromatic hydroxyl groups is 1. The molecule has 0 saturated carbocycles. The van der Waals surface area contributed by atoms with Gasteiger partial charge in [-0.15, -0.1) is 10.2 Å². The number of rotatable bonds is 13. The molecule has 0 aliphatic carbocycles. The highest BCUT2D eigenvalue weighted by Crippen LogP contribution is 2.48. The number of carboxylic acid groups (broad SMARTS) is 1. The van der Waals surface area contributed by atoms with Crippen LogP contribution >= 0.6 is 0 Å². The first kappa shape index (κ1) is 39.3. The second-order valence-corrected chi connectivity index (χ2v) is 15.1. The van der Waals surface area contributed by atoms with Crippen LogP contribution in [0, 0.1) is 0 Å². The van der Waals surface area contributed by atoms with Gasteiger partial charge < -0.3 is 29.8 Å². The number of fused-ring (bicyclic) bond motifs is 1. The number of hydrogen-bond acceptors (Lipinski definition) is 18. The van der Waals surface area contributed by atoms with Gasteiger partial charge in [-0.2, -0.15) is 44.4 Å². The molecule has 0 spiro atoms. The Labute approximate surface area is 305 Å². The third-order valence-electron chi connectivity index (χ3n) is 6.79. The fourth-order valence-corrected chi connectivity index (χ4v) is 6.53. The number of aromatic carboxylic acids is 1.